The Hall–Kier alpha value is -1.91. The molecule has 0 aliphatic rings. The molecule has 1 aromatic heterocycles. The van der Waals surface area contributed by atoms with Gasteiger partial charge in [-0.1, -0.05) is 6.07 Å². The second kappa shape index (κ2) is 3.45. The normalized spacial score (nSPS) is 10.1. The second-order valence-corrected chi connectivity index (χ2v) is 2.73. The molecule has 0 unspecified atom stereocenters. The van der Waals surface area contributed by atoms with Crippen LogP contribution in [0.2, 0.25) is 0 Å². The average molecular weight is 192 g/mol. The van der Waals surface area contributed by atoms with Crippen molar-refractivity contribution in [2.75, 3.05) is 12.4 Å². The third-order valence-electron chi connectivity index (χ3n) is 1.90. The van der Waals surface area contributed by atoms with Crippen molar-refractivity contribution in [2.24, 2.45) is 0 Å². The van der Waals surface area contributed by atoms with Gasteiger partial charge in [-0.2, -0.15) is 5.10 Å². The van der Waals surface area contributed by atoms with Gasteiger partial charge in [0.05, 0.1) is 5.69 Å². The van der Waals surface area contributed by atoms with Crippen LogP contribution in [0.5, 0.6) is 0 Å². The van der Waals surface area contributed by atoms with Crippen molar-refractivity contribution in [3.8, 4) is 5.69 Å². The van der Waals surface area contributed by atoms with Crippen LogP contribution in [0.1, 0.15) is 0 Å². The Labute approximate surface area is 80.4 Å². The minimum Gasteiger partial charge on any atom is -0.386 e. The van der Waals surface area contributed by atoms with Gasteiger partial charge in [0, 0.05) is 7.05 Å². The van der Waals surface area contributed by atoms with Crippen LogP contribution in [-0.4, -0.2) is 21.8 Å². The number of anilines is 1. The number of halogens is 1. The van der Waals surface area contributed by atoms with E-state index in [4.69, 9.17) is 0 Å². The number of benzene rings is 1. The van der Waals surface area contributed by atoms with Gasteiger partial charge >= 0.3 is 0 Å². The molecule has 1 N–H and O–H groups in total. The van der Waals surface area contributed by atoms with Crippen LogP contribution >= 0.6 is 0 Å². The fraction of sp³-hybridized carbons (Fsp3) is 0.111. The number of para-hydroxylation sites is 1. The topological polar surface area (TPSA) is 42.7 Å². The van der Waals surface area contributed by atoms with Gasteiger partial charge in [-0.25, -0.2) is 14.1 Å². The number of hydrogen-bond donors (Lipinski definition) is 1. The minimum absolute atomic E-state index is 0.331. The number of nitrogens with zero attached hydrogens (tertiary/aromatic N) is 3. The summed E-state index contributed by atoms with van der Waals surface area (Å²) in [7, 11) is 1.73. The quantitative estimate of drug-likeness (QED) is 0.783. The van der Waals surface area contributed by atoms with Crippen molar-refractivity contribution in [3.05, 3.63) is 36.7 Å². The fourth-order valence-electron chi connectivity index (χ4n) is 1.27. The summed E-state index contributed by atoms with van der Waals surface area (Å²) in [6.45, 7) is 0. The Kier molecular flexibility index (Phi) is 2.14. The highest BCUT2D eigenvalue weighted by Crippen LogP contribution is 2.21. The number of rotatable bonds is 2. The summed E-state index contributed by atoms with van der Waals surface area (Å²) >= 11 is 0. The van der Waals surface area contributed by atoms with E-state index >= 15 is 0 Å². The van der Waals surface area contributed by atoms with Gasteiger partial charge in [-0.15, -0.1) is 0 Å². The van der Waals surface area contributed by atoms with Crippen LogP contribution < -0.4 is 5.32 Å². The monoisotopic (exact) mass is 192 g/mol. The predicted octanol–water partition coefficient (Wildman–Crippen LogP) is 1.45. The molecule has 72 valence electrons. The minimum atomic E-state index is -0.331. The molecule has 0 aliphatic carbocycles. The second-order valence-electron chi connectivity index (χ2n) is 2.73. The molecule has 14 heavy (non-hydrogen) atoms. The van der Waals surface area contributed by atoms with E-state index < -0.39 is 0 Å². The molecule has 4 nitrogen and oxygen atoms in total. The van der Waals surface area contributed by atoms with Gasteiger partial charge in [-0.3, -0.25) is 0 Å². The SMILES string of the molecule is CNc1cccc(F)c1-n1cncn1. The molecule has 0 saturated heterocycles. The maximum Gasteiger partial charge on any atom is 0.151 e. The van der Waals surface area contributed by atoms with E-state index in [1.165, 1.54) is 23.4 Å². The van der Waals surface area contributed by atoms with E-state index in [2.05, 4.69) is 15.4 Å². The molecular formula is C9H9FN4. The molecule has 5 heteroatoms. The van der Waals surface area contributed by atoms with Crippen molar-refractivity contribution in [1.29, 1.82) is 0 Å². The first-order valence-corrected chi connectivity index (χ1v) is 4.14. The summed E-state index contributed by atoms with van der Waals surface area (Å²) in [5.74, 6) is -0.331. The van der Waals surface area contributed by atoms with Gasteiger partial charge in [0.1, 0.15) is 18.3 Å². The summed E-state index contributed by atoms with van der Waals surface area (Å²) in [5.41, 5.74) is 1.06. The smallest absolute Gasteiger partial charge is 0.151 e. The average Bonchev–Trinajstić information content (AvgIpc) is 2.70. The first kappa shape index (κ1) is 8.68. The van der Waals surface area contributed by atoms with Gasteiger partial charge in [0.25, 0.3) is 0 Å². The lowest BCUT2D eigenvalue weighted by Crippen LogP contribution is -2.03. The fourth-order valence-corrected chi connectivity index (χ4v) is 1.27. The van der Waals surface area contributed by atoms with Crippen LogP contribution in [0.4, 0.5) is 10.1 Å². The molecule has 2 aromatic rings. The molecule has 1 aromatic carbocycles. The molecule has 0 saturated carbocycles. The van der Waals surface area contributed by atoms with Crippen LogP contribution in [0.3, 0.4) is 0 Å². The van der Waals surface area contributed by atoms with E-state index in [0.29, 0.717) is 11.4 Å². The van der Waals surface area contributed by atoms with Gasteiger partial charge in [0.2, 0.25) is 0 Å². The lowest BCUT2D eigenvalue weighted by Gasteiger charge is -2.08. The Morgan fingerprint density at radius 2 is 2.29 bits per heavy atom. The van der Waals surface area contributed by atoms with E-state index in [1.54, 1.807) is 19.2 Å². The molecule has 1 heterocycles. The van der Waals surface area contributed by atoms with E-state index in [-0.39, 0.29) is 5.82 Å². The molecule has 0 aliphatic heterocycles. The standard InChI is InChI=1S/C9H9FN4/c1-11-8-4-2-3-7(10)9(8)14-6-12-5-13-14/h2-6,11H,1H3. The lowest BCUT2D eigenvalue weighted by molar-refractivity contribution is 0.611. The van der Waals surface area contributed by atoms with Gasteiger partial charge < -0.3 is 5.32 Å². The maximum atomic E-state index is 13.5. The van der Waals surface area contributed by atoms with Gasteiger partial charge in [-0.05, 0) is 12.1 Å². The Balaban J connectivity index is 2.61. The summed E-state index contributed by atoms with van der Waals surface area (Å²) < 4.78 is 14.9. The Morgan fingerprint density at radius 1 is 1.43 bits per heavy atom. The first-order valence-electron chi connectivity index (χ1n) is 4.14. The molecule has 0 radical (unpaired) electrons. The molecule has 0 atom stereocenters. The van der Waals surface area contributed by atoms with Crippen molar-refractivity contribution in [1.82, 2.24) is 14.8 Å². The van der Waals surface area contributed by atoms with Crippen molar-refractivity contribution >= 4 is 5.69 Å². The van der Waals surface area contributed by atoms with Crippen LogP contribution in [0.25, 0.3) is 5.69 Å². The summed E-state index contributed by atoms with van der Waals surface area (Å²) in [5, 5.41) is 6.78. The third kappa shape index (κ3) is 1.32. The maximum absolute atomic E-state index is 13.5. The summed E-state index contributed by atoms with van der Waals surface area (Å²) in [4.78, 5) is 3.77. The van der Waals surface area contributed by atoms with Crippen molar-refractivity contribution < 1.29 is 4.39 Å². The van der Waals surface area contributed by atoms with Crippen LogP contribution in [-0.2, 0) is 0 Å². The molecular weight excluding hydrogens is 183 g/mol. The van der Waals surface area contributed by atoms with Crippen molar-refractivity contribution in [2.45, 2.75) is 0 Å². The molecule has 0 bridgehead atoms. The van der Waals surface area contributed by atoms with Crippen LogP contribution in [0.15, 0.2) is 30.9 Å². The van der Waals surface area contributed by atoms with Gasteiger partial charge in [0.15, 0.2) is 5.82 Å². The highest BCUT2D eigenvalue weighted by molar-refractivity contribution is 5.60. The Bertz CT molecular complexity index is 424. The molecule has 2 rings (SSSR count). The van der Waals surface area contributed by atoms with E-state index in [1.807, 2.05) is 0 Å². The summed E-state index contributed by atoms with van der Waals surface area (Å²) in [6, 6.07) is 4.81. The van der Waals surface area contributed by atoms with Crippen LogP contribution in [0, 0.1) is 5.82 Å². The number of hydrogen-bond acceptors (Lipinski definition) is 3. The zero-order valence-electron chi connectivity index (χ0n) is 7.61. The number of aromatic nitrogens is 3. The summed E-state index contributed by atoms with van der Waals surface area (Å²) in [6.07, 6.45) is 2.82. The first-order chi connectivity index (χ1) is 6.83. The largest absolute Gasteiger partial charge is 0.386 e. The zero-order valence-corrected chi connectivity index (χ0v) is 7.61. The third-order valence-corrected chi connectivity index (χ3v) is 1.90. The molecule has 0 amide bonds. The Morgan fingerprint density at radius 3 is 2.93 bits per heavy atom. The molecule has 0 spiro atoms. The zero-order chi connectivity index (χ0) is 9.97. The molecule has 0 fully saturated rings. The van der Waals surface area contributed by atoms with E-state index in [9.17, 15) is 4.39 Å². The lowest BCUT2D eigenvalue weighted by atomic mass is 10.2. The van der Waals surface area contributed by atoms with Crippen molar-refractivity contribution in [3.63, 3.8) is 0 Å². The highest BCUT2D eigenvalue weighted by Gasteiger charge is 2.09. The predicted molar refractivity (Wildman–Crippen MR) is 50.9 cm³/mol. The highest BCUT2D eigenvalue weighted by atomic mass is 19.1. The number of nitrogens with one attached hydrogen (secondary N) is 1. The van der Waals surface area contributed by atoms with E-state index in [0.717, 1.165) is 0 Å².